The molecule has 0 aliphatic heterocycles. The zero-order valence-electron chi connectivity index (χ0n) is 27.1. The summed E-state index contributed by atoms with van der Waals surface area (Å²) in [6, 6.07) is 36.9. The van der Waals surface area contributed by atoms with Crippen LogP contribution in [0.15, 0.2) is 108 Å². The van der Waals surface area contributed by atoms with Gasteiger partial charge in [-0.15, -0.1) is 16.4 Å². The van der Waals surface area contributed by atoms with Crippen LogP contribution in [-0.4, -0.2) is 39.2 Å². The second-order valence-corrected chi connectivity index (χ2v) is 13.9. The normalized spacial score (nSPS) is 13.7. The van der Waals surface area contributed by atoms with Gasteiger partial charge in [0, 0.05) is 16.2 Å². The first-order chi connectivity index (χ1) is 23.7. The summed E-state index contributed by atoms with van der Waals surface area (Å²) in [5, 5.41) is 9.07. The van der Waals surface area contributed by atoms with E-state index in [4.69, 9.17) is 43.6 Å². The molecule has 0 N–H and O–H groups in total. The number of fused-ring (bicyclic) bond motifs is 7. The van der Waals surface area contributed by atoms with E-state index < -0.39 is 0 Å². The molecule has 8 aromatic carbocycles. The third kappa shape index (κ3) is 3.62. The highest BCUT2D eigenvalue weighted by Crippen LogP contribution is 2.57. The molecule has 216 valence electrons. The van der Waals surface area contributed by atoms with Crippen LogP contribution in [0.1, 0.15) is 25.0 Å². The molecule has 0 saturated carbocycles. The Morgan fingerprint density at radius 3 is 1.73 bits per heavy atom. The zero-order chi connectivity index (χ0) is 33.5. The van der Waals surface area contributed by atoms with Crippen LogP contribution in [0.3, 0.4) is 0 Å². The van der Waals surface area contributed by atoms with Crippen molar-refractivity contribution in [3.8, 4) is 33.4 Å². The van der Waals surface area contributed by atoms with Gasteiger partial charge in [-0.05, 0) is 89.0 Å². The molecule has 10 radical (unpaired) electrons. The second-order valence-electron chi connectivity index (χ2n) is 13.9. The predicted molar refractivity (Wildman–Crippen MR) is 213 cm³/mol. The summed E-state index contributed by atoms with van der Waals surface area (Å²) in [4.78, 5) is 0. The number of furan rings is 1. The first-order valence-corrected chi connectivity index (χ1v) is 16.5. The third-order valence-electron chi connectivity index (χ3n) is 11.1. The largest absolute Gasteiger partial charge is 0.456 e. The molecular weight excluding hydrogens is 587 g/mol. The van der Waals surface area contributed by atoms with Gasteiger partial charge in [0.1, 0.15) is 50.4 Å². The first-order valence-electron chi connectivity index (χ1n) is 16.5. The summed E-state index contributed by atoms with van der Waals surface area (Å²) in [6.07, 6.45) is 0. The molecule has 10 rings (SSSR count). The van der Waals surface area contributed by atoms with Gasteiger partial charge in [0.15, 0.2) is 0 Å². The summed E-state index contributed by atoms with van der Waals surface area (Å²) >= 11 is 0. The Bertz CT molecular complexity index is 2890. The topological polar surface area (TPSA) is 13.1 Å². The molecule has 0 spiro atoms. The molecule has 1 nitrogen and oxygen atoms in total. The van der Waals surface area contributed by atoms with Gasteiger partial charge in [-0.2, -0.15) is 0 Å². The van der Waals surface area contributed by atoms with Crippen LogP contribution in [0.2, 0.25) is 0 Å². The fraction of sp³-hybridized carbons (Fsp3) is 0.0698. The highest BCUT2D eigenvalue weighted by atomic mass is 16.3. The monoisotopic (exact) mass is 610 g/mol. The quantitative estimate of drug-likeness (QED) is 0.171. The van der Waals surface area contributed by atoms with E-state index in [1.54, 1.807) is 0 Å². The number of benzene rings is 8. The van der Waals surface area contributed by atoms with Gasteiger partial charge >= 0.3 is 0 Å². The molecule has 0 bridgehead atoms. The standard InChI is InChI=1S/C43H23B5O/c1-43(2)29-9-5-3-7-26(29)34-28(19-31-35(37(34)43)27-8-4-6-10-30(27)49-31)22-15-11-20-13-17-24-25(18-14-21-12-16-23(22)32(20)33(21)24)36-38(44)40(46)42(48)41(47)39(36)45/h3-19H,1-2H3. The van der Waals surface area contributed by atoms with Gasteiger partial charge in [-0.1, -0.05) is 116 Å². The Morgan fingerprint density at radius 2 is 1.02 bits per heavy atom. The maximum Gasteiger partial charge on any atom is 0.136 e. The Hall–Kier alpha value is -5.08. The minimum absolute atomic E-state index is 0.208. The van der Waals surface area contributed by atoms with Crippen LogP contribution in [-0.2, 0) is 5.41 Å². The molecule has 6 heteroatoms. The molecule has 1 aliphatic rings. The van der Waals surface area contributed by atoms with E-state index >= 15 is 0 Å². The molecule has 1 aromatic heterocycles. The molecule has 0 saturated heterocycles. The first kappa shape index (κ1) is 28.9. The van der Waals surface area contributed by atoms with Crippen LogP contribution in [0, 0.1) is 0 Å². The fourth-order valence-electron chi connectivity index (χ4n) is 8.78. The number of hydrogen-bond donors (Lipinski definition) is 0. The van der Waals surface area contributed by atoms with Crippen molar-refractivity contribution in [1.29, 1.82) is 0 Å². The Kier molecular flexibility index (Phi) is 5.75. The number of rotatable bonds is 2. The van der Waals surface area contributed by atoms with Crippen molar-refractivity contribution in [1.82, 2.24) is 0 Å². The summed E-state index contributed by atoms with van der Waals surface area (Å²) in [6.45, 7) is 4.67. The average Bonchev–Trinajstić information content (AvgIpc) is 3.60. The molecule has 1 heterocycles. The Labute approximate surface area is 291 Å². The van der Waals surface area contributed by atoms with Crippen molar-refractivity contribution in [3.05, 3.63) is 114 Å². The summed E-state index contributed by atoms with van der Waals surface area (Å²) in [5.74, 6) is 0. The van der Waals surface area contributed by atoms with E-state index in [-0.39, 0.29) is 21.8 Å². The van der Waals surface area contributed by atoms with Gasteiger partial charge in [-0.25, -0.2) is 0 Å². The minimum atomic E-state index is -0.228. The summed E-state index contributed by atoms with van der Waals surface area (Å²) in [7, 11) is 32.0. The lowest BCUT2D eigenvalue weighted by Crippen LogP contribution is -2.55. The zero-order valence-corrected chi connectivity index (χ0v) is 27.1. The predicted octanol–water partition coefficient (Wildman–Crippen LogP) is 6.09. The number of hydrogen-bond acceptors (Lipinski definition) is 1. The second kappa shape index (κ2) is 9.76. The van der Waals surface area contributed by atoms with Crippen LogP contribution >= 0.6 is 0 Å². The van der Waals surface area contributed by atoms with Crippen LogP contribution in [0.25, 0.3) is 87.6 Å². The van der Waals surface area contributed by atoms with Crippen molar-refractivity contribution in [2.45, 2.75) is 19.3 Å². The average molecular weight is 610 g/mol. The Morgan fingerprint density at radius 1 is 0.449 bits per heavy atom. The van der Waals surface area contributed by atoms with Crippen molar-refractivity contribution in [2.24, 2.45) is 0 Å². The third-order valence-corrected chi connectivity index (χ3v) is 11.1. The van der Waals surface area contributed by atoms with Gasteiger partial charge in [0.2, 0.25) is 0 Å². The van der Waals surface area contributed by atoms with Crippen LogP contribution in [0.5, 0.6) is 0 Å². The molecule has 0 atom stereocenters. The van der Waals surface area contributed by atoms with E-state index in [1.807, 2.05) is 12.1 Å². The van der Waals surface area contributed by atoms with E-state index in [1.165, 1.54) is 33.0 Å². The molecule has 49 heavy (non-hydrogen) atoms. The summed E-state index contributed by atoms with van der Waals surface area (Å²) < 4.78 is 6.62. The van der Waals surface area contributed by atoms with Crippen molar-refractivity contribution < 1.29 is 4.42 Å². The lowest BCUT2D eigenvalue weighted by atomic mass is 9.59. The maximum atomic E-state index is 6.62. The molecule has 0 unspecified atom stereocenters. The van der Waals surface area contributed by atoms with Gasteiger partial charge in [-0.3, -0.25) is 0 Å². The van der Waals surface area contributed by atoms with E-state index in [9.17, 15) is 0 Å². The smallest absolute Gasteiger partial charge is 0.136 e. The lowest BCUT2D eigenvalue weighted by Gasteiger charge is -2.24. The highest BCUT2D eigenvalue weighted by Gasteiger charge is 2.40. The van der Waals surface area contributed by atoms with Crippen LogP contribution < -0.4 is 27.3 Å². The molecule has 0 fully saturated rings. The van der Waals surface area contributed by atoms with E-state index in [0.717, 1.165) is 60.2 Å². The highest BCUT2D eigenvalue weighted by molar-refractivity contribution is 6.69. The SMILES string of the molecule is [B]c1c([B])c([B])c(-c2ccc3ccc4c(-c5cc6oc7ccccc7c6c6c5-c5ccccc5C6(C)C)ccc5ccc2c3c54)c([B])c1[B]. The van der Waals surface area contributed by atoms with Gasteiger partial charge in [0.05, 0.1) is 0 Å². The van der Waals surface area contributed by atoms with Gasteiger partial charge < -0.3 is 4.42 Å². The van der Waals surface area contributed by atoms with E-state index in [2.05, 4.69) is 105 Å². The number of para-hydroxylation sites is 1. The van der Waals surface area contributed by atoms with Crippen molar-refractivity contribution in [2.75, 3.05) is 0 Å². The van der Waals surface area contributed by atoms with Crippen LogP contribution in [0.4, 0.5) is 0 Å². The fourth-order valence-corrected chi connectivity index (χ4v) is 8.78. The van der Waals surface area contributed by atoms with Crippen molar-refractivity contribution >= 4 is 121 Å². The molecular formula is C43H23B5O. The Balaban J connectivity index is 1.34. The molecule has 0 amide bonds. The molecule has 1 aliphatic carbocycles. The summed E-state index contributed by atoms with van der Waals surface area (Å²) in [5.41, 5.74) is 11.9. The van der Waals surface area contributed by atoms with Gasteiger partial charge in [0.25, 0.3) is 0 Å². The lowest BCUT2D eigenvalue weighted by molar-refractivity contribution is 0.657. The molecule has 9 aromatic rings. The minimum Gasteiger partial charge on any atom is -0.456 e. The van der Waals surface area contributed by atoms with Crippen molar-refractivity contribution in [3.63, 3.8) is 0 Å². The van der Waals surface area contributed by atoms with E-state index in [0.29, 0.717) is 16.5 Å². The maximum absolute atomic E-state index is 6.62.